The molecule has 0 bridgehead atoms. The maximum atomic E-state index is 4.78. The Morgan fingerprint density at radius 2 is 1.54 bits per heavy atom. The Morgan fingerprint density at radius 1 is 0.875 bits per heavy atom. The van der Waals surface area contributed by atoms with Gasteiger partial charge < -0.3 is 0 Å². The van der Waals surface area contributed by atoms with E-state index < -0.39 is 0 Å². The van der Waals surface area contributed by atoms with Crippen LogP contribution >= 0.6 is 0 Å². The van der Waals surface area contributed by atoms with Crippen molar-refractivity contribution in [2.45, 2.75) is 47.0 Å². The number of hydrogen-bond acceptors (Lipinski definition) is 3. The zero-order chi connectivity index (χ0) is 17.5. The Hall–Kier alpha value is -2.49. The van der Waals surface area contributed by atoms with Crippen LogP contribution in [0.2, 0.25) is 0 Å². The Bertz CT molecular complexity index is 906. The van der Waals surface area contributed by atoms with Crippen LogP contribution in [0.1, 0.15) is 43.2 Å². The summed E-state index contributed by atoms with van der Waals surface area (Å²) in [4.78, 5) is 4.78. The van der Waals surface area contributed by atoms with Gasteiger partial charge in [-0.15, -0.1) is 10.2 Å². The lowest BCUT2D eigenvalue weighted by Crippen LogP contribution is -2.11. The number of rotatable bonds is 2. The smallest absolute Gasteiger partial charge is 0.183 e. The average Bonchev–Trinajstić information content (AvgIpc) is 2.82. The number of pyridine rings is 1. The number of hydrogen-bond donors (Lipinski definition) is 0. The van der Waals surface area contributed by atoms with Crippen LogP contribution in [-0.4, -0.2) is 9.38 Å². The maximum absolute atomic E-state index is 4.78. The van der Waals surface area contributed by atoms with Crippen LogP contribution in [0.3, 0.4) is 0 Å². The minimum absolute atomic E-state index is 0.100. The summed E-state index contributed by atoms with van der Waals surface area (Å²) in [5, 5.41) is 9.07. The lowest BCUT2D eigenvalue weighted by molar-refractivity contribution is 0.574. The van der Waals surface area contributed by atoms with Gasteiger partial charge in [-0.25, -0.2) is 4.98 Å². The predicted molar refractivity (Wildman–Crippen MR) is 98.7 cm³/mol. The largest absolute Gasteiger partial charge is 0.283 e. The Kier molecular flexibility index (Phi) is 3.99. The molecule has 0 aliphatic heterocycles. The molecule has 0 N–H and O–H groups in total. The molecule has 1 aromatic carbocycles. The summed E-state index contributed by atoms with van der Waals surface area (Å²) in [7, 11) is 0. The van der Waals surface area contributed by atoms with E-state index in [2.05, 4.69) is 70.1 Å². The summed E-state index contributed by atoms with van der Waals surface area (Å²) in [6, 6.07) is 10.3. The standard InChI is InChI=1S/C20H24N4/c1-13-7-8-17-21-18(20(4,5)6)19(24(17)12-13)23-22-16-10-14(2)9-15(3)11-16/h7-12H,1-6H3. The van der Waals surface area contributed by atoms with Crippen molar-refractivity contribution in [3.8, 4) is 0 Å². The van der Waals surface area contributed by atoms with Gasteiger partial charge in [-0.2, -0.15) is 0 Å². The van der Waals surface area contributed by atoms with Crippen LogP contribution in [-0.2, 0) is 5.41 Å². The van der Waals surface area contributed by atoms with E-state index in [0.717, 1.165) is 22.8 Å². The molecule has 0 aliphatic rings. The van der Waals surface area contributed by atoms with Gasteiger partial charge in [0, 0.05) is 11.6 Å². The summed E-state index contributed by atoms with van der Waals surface area (Å²) < 4.78 is 2.03. The lowest BCUT2D eigenvalue weighted by Gasteiger charge is -2.15. The molecule has 3 rings (SSSR count). The summed E-state index contributed by atoms with van der Waals surface area (Å²) in [6.45, 7) is 12.7. The van der Waals surface area contributed by atoms with Crippen molar-refractivity contribution < 1.29 is 0 Å². The highest BCUT2D eigenvalue weighted by Crippen LogP contribution is 2.33. The van der Waals surface area contributed by atoms with E-state index in [1.54, 1.807) is 0 Å². The number of azo groups is 1. The number of fused-ring (bicyclic) bond motifs is 1. The molecule has 0 saturated heterocycles. The van der Waals surface area contributed by atoms with Crippen LogP contribution in [0.4, 0.5) is 11.5 Å². The first-order valence-corrected chi connectivity index (χ1v) is 8.23. The highest BCUT2D eigenvalue weighted by atomic mass is 15.2. The molecule has 3 aromatic rings. The van der Waals surface area contributed by atoms with E-state index in [-0.39, 0.29) is 5.41 Å². The van der Waals surface area contributed by atoms with E-state index >= 15 is 0 Å². The van der Waals surface area contributed by atoms with Crippen molar-refractivity contribution in [2.24, 2.45) is 10.2 Å². The molecule has 0 saturated carbocycles. The van der Waals surface area contributed by atoms with Crippen molar-refractivity contribution in [3.63, 3.8) is 0 Å². The summed E-state index contributed by atoms with van der Waals surface area (Å²) >= 11 is 0. The normalized spacial score (nSPS) is 12.4. The molecule has 0 aliphatic carbocycles. The van der Waals surface area contributed by atoms with Gasteiger partial charge in [0.1, 0.15) is 5.65 Å². The Balaban J connectivity index is 2.16. The molecule has 0 atom stereocenters. The highest BCUT2D eigenvalue weighted by Gasteiger charge is 2.24. The second-order valence-corrected chi connectivity index (χ2v) is 7.51. The van der Waals surface area contributed by atoms with Crippen LogP contribution in [0.25, 0.3) is 5.65 Å². The van der Waals surface area contributed by atoms with Crippen molar-refractivity contribution in [3.05, 3.63) is 58.9 Å². The molecule has 0 radical (unpaired) electrons. The number of aryl methyl sites for hydroxylation is 3. The van der Waals surface area contributed by atoms with Crippen LogP contribution in [0.15, 0.2) is 46.8 Å². The van der Waals surface area contributed by atoms with Gasteiger partial charge in [0.25, 0.3) is 0 Å². The van der Waals surface area contributed by atoms with Crippen molar-refractivity contribution >= 4 is 17.2 Å². The molecule has 2 heterocycles. The van der Waals surface area contributed by atoms with Crippen LogP contribution in [0.5, 0.6) is 0 Å². The maximum Gasteiger partial charge on any atom is 0.183 e. The van der Waals surface area contributed by atoms with E-state index in [9.17, 15) is 0 Å². The number of aromatic nitrogens is 2. The Morgan fingerprint density at radius 3 is 2.17 bits per heavy atom. The monoisotopic (exact) mass is 320 g/mol. The molecule has 0 amide bonds. The predicted octanol–water partition coefficient (Wildman–Crippen LogP) is 5.97. The van der Waals surface area contributed by atoms with Gasteiger partial charge in [0.2, 0.25) is 0 Å². The molecule has 4 heteroatoms. The molecular weight excluding hydrogens is 296 g/mol. The molecule has 0 spiro atoms. The third-order valence-electron chi connectivity index (χ3n) is 3.92. The zero-order valence-electron chi connectivity index (χ0n) is 15.3. The molecular formula is C20H24N4. The number of nitrogens with zero attached hydrogens (tertiary/aromatic N) is 4. The summed E-state index contributed by atoms with van der Waals surface area (Å²) in [5.41, 5.74) is 6.18. The molecule has 2 aromatic heterocycles. The minimum atomic E-state index is -0.100. The second kappa shape index (κ2) is 5.86. The first-order valence-electron chi connectivity index (χ1n) is 8.23. The molecule has 24 heavy (non-hydrogen) atoms. The fraction of sp³-hybridized carbons (Fsp3) is 0.350. The molecule has 0 unspecified atom stereocenters. The third-order valence-corrected chi connectivity index (χ3v) is 3.92. The second-order valence-electron chi connectivity index (χ2n) is 7.51. The molecule has 124 valence electrons. The fourth-order valence-electron chi connectivity index (χ4n) is 2.85. The lowest BCUT2D eigenvalue weighted by atomic mass is 9.92. The quantitative estimate of drug-likeness (QED) is 0.536. The van der Waals surface area contributed by atoms with Gasteiger partial charge in [-0.05, 0) is 55.7 Å². The minimum Gasteiger partial charge on any atom is -0.283 e. The first-order chi connectivity index (χ1) is 11.2. The summed E-state index contributed by atoms with van der Waals surface area (Å²) in [6.07, 6.45) is 2.06. The number of imidazole rings is 1. The SMILES string of the molecule is Cc1cc(C)cc(N=Nc2c(C(C)(C)C)nc3ccc(C)cn23)c1. The fourth-order valence-corrected chi connectivity index (χ4v) is 2.85. The molecule has 0 fully saturated rings. The van der Waals surface area contributed by atoms with Gasteiger partial charge in [0.15, 0.2) is 5.82 Å². The van der Waals surface area contributed by atoms with Gasteiger partial charge >= 0.3 is 0 Å². The zero-order valence-corrected chi connectivity index (χ0v) is 15.3. The number of benzene rings is 1. The van der Waals surface area contributed by atoms with Gasteiger partial charge in [0.05, 0.1) is 11.4 Å². The average molecular weight is 320 g/mol. The highest BCUT2D eigenvalue weighted by molar-refractivity contribution is 5.55. The van der Waals surface area contributed by atoms with Crippen molar-refractivity contribution in [2.75, 3.05) is 0 Å². The summed E-state index contributed by atoms with van der Waals surface area (Å²) in [5.74, 6) is 0.806. The van der Waals surface area contributed by atoms with Crippen LogP contribution < -0.4 is 0 Å². The van der Waals surface area contributed by atoms with Gasteiger partial charge in [-0.1, -0.05) is 32.9 Å². The first kappa shape index (κ1) is 16.4. The van der Waals surface area contributed by atoms with Gasteiger partial charge in [-0.3, -0.25) is 4.40 Å². The van der Waals surface area contributed by atoms with E-state index in [1.807, 2.05) is 22.6 Å². The third kappa shape index (κ3) is 3.23. The van der Waals surface area contributed by atoms with Crippen LogP contribution in [0, 0.1) is 20.8 Å². The van der Waals surface area contributed by atoms with E-state index in [4.69, 9.17) is 4.98 Å². The van der Waals surface area contributed by atoms with E-state index in [1.165, 1.54) is 16.7 Å². The Labute approximate surface area is 143 Å². The van der Waals surface area contributed by atoms with Crippen molar-refractivity contribution in [1.29, 1.82) is 0 Å². The topological polar surface area (TPSA) is 42.0 Å². The van der Waals surface area contributed by atoms with E-state index in [0.29, 0.717) is 0 Å². The van der Waals surface area contributed by atoms with Crippen molar-refractivity contribution in [1.82, 2.24) is 9.38 Å². The molecule has 4 nitrogen and oxygen atoms in total.